The molecular weight excluding hydrogens is 256 g/mol. The minimum absolute atomic E-state index is 0.238. The summed E-state index contributed by atoms with van der Waals surface area (Å²) in [6.45, 7) is 1.12. The van der Waals surface area contributed by atoms with Crippen LogP contribution in [-0.2, 0) is 17.2 Å². The van der Waals surface area contributed by atoms with Crippen molar-refractivity contribution in [1.29, 1.82) is 0 Å². The molecule has 96 valence electrons. The minimum Gasteiger partial charge on any atom is -0.478 e. The lowest BCUT2D eigenvalue weighted by Gasteiger charge is -2.06. The largest absolute Gasteiger partial charge is 0.478 e. The van der Waals surface area contributed by atoms with E-state index in [9.17, 15) is 4.79 Å². The third-order valence-electron chi connectivity index (χ3n) is 2.71. The Bertz CT molecular complexity index is 580. The molecule has 0 bridgehead atoms. The first-order valence-electron chi connectivity index (χ1n) is 5.44. The maximum absolute atomic E-state index is 11.0. The van der Waals surface area contributed by atoms with Gasteiger partial charge in [-0.2, -0.15) is 0 Å². The Kier molecular flexibility index (Phi) is 3.84. The molecule has 0 aliphatic carbocycles. The van der Waals surface area contributed by atoms with Crippen molar-refractivity contribution in [2.24, 2.45) is 0 Å². The highest BCUT2D eigenvalue weighted by molar-refractivity contribution is 6.16. The number of methoxy groups -OCH3 is 1. The van der Waals surface area contributed by atoms with Crippen molar-refractivity contribution in [2.75, 3.05) is 13.7 Å². The third kappa shape index (κ3) is 2.32. The second-order valence-corrected chi connectivity index (χ2v) is 4.08. The molecular formula is C12H13ClN2O3. The molecule has 0 unspecified atom stereocenters. The normalized spacial score (nSPS) is 11.0. The molecule has 0 spiro atoms. The summed E-state index contributed by atoms with van der Waals surface area (Å²) in [7, 11) is 1.61. The Morgan fingerprint density at radius 3 is 2.94 bits per heavy atom. The van der Waals surface area contributed by atoms with E-state index >= 15 is 0 Å². The van der Waals surface area contributed by atoms with Gasteiger partial charge in [-0.1, -0.05) is 0 Å². The molecule has 0 saturated heterocycles. The van der Waals surface area contributed by atoms with Crippen LogP contribution < -0.4 is 0 Å². The Hall–Kier alpha value is -1.59. The Morgan fingerprint density at radius 1 is 1.56 bits per heavy atom. The van der Waals surface area contributed by atoms with Crippen molar-refractivity contribution in [3.8, 4) is 0 Å². The van der Waals surface area contributed by atoms with Gasteiger partial charge in [-0.15, -0.1) is 11.6 Å². The fraction of sp³-hybridized carbons (Fsp3) is 0.333. The number of carboxylic acid groups (broad SMARTS) is 1. The first-order chi connectivity index (χ1) is 8.67. The first-order valence-corrected chi connectivity index (χ1v) is 5.98. The molecule has 0 aliphatic rings. The number of benzene rings is 1. The van der Waals surface area contributed by atoms with Crippen LogP contribution in [0.5, 0.6) is 0 Å². The predicted octanol–water partition coefficient (Wildman–Crippen LogP) is 2.12. The number of aromatic nitrogens is 2. The van der Waals surface area contributed by atoms with Gasteiger partial charge in [0.2, 0.25) is 0 Å². The fourth-order valence-electron chi connectivity index (χ4n) is 1.84. The molecule has 0 amide bonds. The topological polar surface area (TPSA) is 64.4 Å². The Morgan fingerprint density at radius 2 is 2.33 bits per heavy atom. The van der Waals surface area contributed by atoms with E-state index in [0.29, 0.717) is 19.0 Å². The van der Waals surface area contributed by atoms with E-state index in [2.05, 4.69) is 4.98 Å². The molecule has 2 rings (SSSR count). The van der Waals surface area contributed by atoms with Crippen LogP contribution in [0, 0.1) is 0 Å². The van der Waals surface area contributed by atoms with Crippen molar-refractivity contribution < 1.29 is 14.6 Å². The number of aromatic carboxylic acids is 1. The number of nitrogens with zero attached hydrogens (tertiary/aromatic N) is 2. The molecule has 0 atom stereocenters. The number of halogens is 1. The standard InChI is InChI=1S/C12H13ClN2O3/c1-18-5-4-15-10-6-8(12(16)17)2-3-9(10)14-11(15)7-13/h2-3,6H,4-5,7H2,1H3,(H,16,17). The second-order valence-electron chi connectivity index (χ2n) is 3.81. The summed E-state index contributed by atoms with van der Waals surface area (Å²) in [6.07, 6.45) is 0. The number of alkyl halides is 1. The first kappa shape index (κ1) is 12.9. The van der Waals surface area contributed by atoms with Crippen molar-refractivity contribution in [1.82, 2.24) is 9.55 Å². The van der Waals surface area contributed by atoms with Crippen LogP contribution in [0.4, 0.5) is 0 Å². The number of ether oxygens (including phenoxy) is 1. The molecule has 0 aliphatic heterocycles. The van der Waals surface area contributed by atoms with E-state index in [-0.39, 0.29) is 11.4 Å². The summed E-state index contributed by atoms with van der Waals surface area (Å²) in [5.41, 5.74) is 1.75. The summed E-state index contributed by atoms with van der Waals surface area (Å²) in [4.78, 5) is 15.3. The van der Waals surface area contributed by atoms with Crippen molar-refractivity contribution in [2.45, 2.75) is 12.4 Å². The van der Waals surface area contributed by atoms with Crippen molar-refractivity contribution in [3.05, 3.63) is 29.6 Å². The van der Waals surface area contributed by atoms with Gasteiger partial charge >= 0.3 is 5.97 Å². The van der Waals surface area contributed by atoms with Crippen LogP contribution in [-0.4, -0.2) is 34.3 Å². The lowest BCUT2D eigenvalue weighted by Crippen LogP contribution is -2.07. The van der Waals surface area contributed by atoms with E-state index in [0.717, 1.165) is 11.0 Å². The van der Waals surface area contributed by atoms with Gasteiger partial charge < -0.3 is 14.4 Å². The molecule has 1 aromatic heterocycles. The van der Waals surface area contributed by atoms with E-state index in [1.54, 1.807) is 19.2 Å². The number of rotatable bonds is 5. The van der Waals surface area contributed by atoms with E-state index in [1.807, 2.05) is 4.57 Å². The number of carboxylic acids is 1. The lowest BCUT2D eigenvalue weighted by atomic mass is 10.2. The summed E-state index contributed by atoms with van der Waals surface area (Å²) < 4.78 is 6.92. The molecule has 2 aromatic rings. The van der Waals surface area contributed by atoms with Crippen LogP contribution in [0.25, 0.3) is 11.0 Å². The fourth-order valence-corrected chi connectivity index (χ4v) is 2.04. The zero-order chi connectivity index (χ0) is 13.1. The molecule has 1 heterocycles. The molecule has 6 heteroatoms. The zero-order valence-corrected chi connectivity index (χ0v) is 10.6. The smallest absolute Gasteiger partial charge is 0.335 e. The van der Waals surface area contributed by atoms with Crippen LogP contribution in [0.1, 0.15) is 16.2 Å². The SMILES string of the molecule is COCCn1c(CCl)nc2ccc(C(=O)O)cc21. The number of hydrogen-bond acceptors (Lipinski definition) is 3. The number of hydrogen-bond donors (Lipinski definition) is 1. The van der Waals surface area contributed by atoms with Gasteiger partial charge in [0.05, 0.1) is 29.1 Å². The van der Waals surface area contributed by atoms with Gasteiger partial charge in [0.25, 0.3) is 0 Å². The van der Waals surface area contributed by atoms with E-state index < -0.39 is 5.97 Å². The average molecular weight is 269 g/mol. The zero-order valence-electron chi connectivity index (χ0n) is 9.89. The van der Waals surface area contributed by atoms with Crippen LogP contribution in [0.2, 0.25) is 0 Å². The highest BCUT2D eigenvalue weighted by Gasteiger charge is 2.12. The maximum atomic E-state index is 11.0. The number of carbonyl (C=O) groups is 1. The minimum atomic E-state index is -0.955. The van der Waals surface area contributed by atoms with Gasteiger partial charge in [0.15, 0.2) is 0 Å². The number of imidazole rings is 1. The van der Waals surface area contributed by atoms with Gasteiger partial charge in [-0.3, -0.25) is 0 Å². The van der Waals surface area contributed by atoms with Gasteiger partial charge in [-0.25, -0.2) is 9.78 Å². The highest BCUT2D eigenvalue weighted by atomic mass is 35.5. The molecule has 0 fully saturated rings. The summed E-state index contributed by atoms with van der Waals surface area (Å²) in [5, 5.41) is 8.99. The van der Waals surface area contributed by atoms with Gasteiger partial charge in [0, 0.05) is 13.7 Å². The average Bonchev–Trinajstić information content (AvgIpc) is 2.73. The van der Waals surface area contributed by atoms with Crippen molar-refractivity contribution >= 4 is 28.6 Å². The predicted molar refractivity (Wildman–Crippen MR) is 68.1 cm³/mol. The maximum Gasteiger partial charge on any atom is 0.335 e. The summed E-state index contributed by atoms with van der Waals surface area (Å²) in [5.74, 6) is 0.0379. The summed E-state index contributed by atoms with van der Waals surface area (Å²) >= 11 is 5.84. The van der Waals surface area contributed by atoms with Gasteiger partial charge in [0.1, 0.15) is 5.82 Å². The van der Waals surface area contributed by atoms with Crippen LogP contribution in [0.15, 0.2) is 18.2 Å². The second kappa shape index (κ2) is 5.37. The summed E-state index contributed by atoms with van der Waals surface area (Å²) in [6, 6.07) is 4.84. The molecule has 0 saturated carbocycles. The third-order valence-corrected chi connectivity index (χ3v) is 2.95. The molecule has 1 aromatic carbocycles. The quantitative estimate of drug-likeness (QED) is 0.844. The van der Waals surface area contributed by atoms with Crippen molar-refractivity contribution in [3.63, 3.8) is 0 Å². The molecule has 1 N–H and O–H groups in total. The van der Waals surface area contributed by atoms with Gasteiger partial charge in [-0.05, 0) is 18.2 Å². The van der Waals surface area contributed by atoms with E-state index in [1.165, 1.54) is 6.07 Å². The molecule has 18 heavy (non-hydrogen) atoms. The highest BCUT2D eigenvalue weighted by Crippen LogP contribution is 2.19. The monoisotopic (exact) mass is 268 g/mol. The van der Waals surface area contributed by atoms with E-state index in [4.69, 9.17) is 21.4 Å². The lowest BCUT2D eigenvalue weighted by molar-refractivity contribution is 0.0697. The van der Waals surface area contributed by atoms with Crippen LogP contribution >= 0.6 is 11.6 Å². The Balaban J connectivity index is 2.55. The number of fused-ring (bicyclic) bond motifs is 1. The molecule has 0 radical (unpaired) electrons. The van der Waals surface area contributed by atoms with Crippen LogP contribution in [0.3, 0.4) is 0 Å². The molecule has 5 nitrogen and oxygen atoms in total. The Labute approximate surface area is 109 Å².